The zero-order valence-electron chi connectivity index (χ0n) is 37.3. The van der Waals surface area contributed by atoms with Crippen molar-refractivity contribution in [2.24, 2.45) is 23.7 Å². The van der Waals surface area contributed by atoms with Gasteiger partial charge in [-0.15, -0.1) is 0 Å². The maximum atomic E-state index is 6.40. The third-order valence-electron chi connectivity index (χ3n) is 17.3. The molecule has 0 unspecified atom stereocenters. The summed E-state index contributed by atoms with van der Waals surface area (Å²) in [6.07, 6.45) is 6.94. The summed E-state index contributed by atoms with van der Waals surface area (Å²) in [6, 6.07) is 63.2. The van der Waals surface area contributed by atoms with Crippen LogP contribution >= 0.6 is 0 Å². The standard InChI is InChI=1S/C62H48N2OSi/c1-66(2)56-26-13-10-19-43(56)49-34-51-58(46-20-8-11-23-50(46)62(51)39-30-36-29-37(32-39)33-40(62)31-36)59(60(49)66)44-27-28-45(42-18-7-6-17-41(42)44)61-63-52(38-15-4-3-5-16-38)35-53(64-61)47-22-14-25-55-57(47)48-21-9-12-24-54(48)65-55/h3-28,34-37,39-40H,29-33H2,1-2H3. The van der Waals surface area contributed by atoms with Crippen molar-refractivity contribution in [1.82, 2.24) is 9.97 Å². The summed E-state index contributed by atoms with van der Waals surface area (Å²) >= 11 is 0. The Morgan fingerprint density at radius 1 is 0.470 bits per heavy atom. The van der Waals surface area contributed by atoms with Crippen LogP contribution in [0.3, 0.4) is 0 Å². The monoisotopic (exact) mass is 864 g/mol. The van der Waals surface area contributed by atoms with Crippen molar-refractivity contribution in [3.05, 3.63) is 181 Å². The molecule has 4 heteroatoms. The molecule has 3 nitrogen and oxygen atoms in total. The van der Waals surface area contributed by atoms with Crippen LogP contribution in [0.2, 0.25) is 13.1 Å². The Hall–Kier alpha value is -6.88. The Balaban J connectivity index is 1.01. The normalized spacial score (nSPS) is 22.6. The van der Waals surface area contributed by atoms with Crippen LogP contribution in [0.25, 0.3) is 100.0 Å². The van der Waals surface area contributed by atoms with Crippen LogP contribution in [0.4, 0.5) is 0 Å². The van der Waals surface area contributed by atoms with Crippen LogP contribution in [-0.2, 0) is 5.41 Å². The molecule has 66 heavy (non-hydrogen) atoms. The van der Waals surface area contributed by atoms with Crippen LogP contribution in [0, 0.1) is 23.7 Å². The smallest absolute Gasteiger partial charge is 0.161 e. The average molecular weight is 865 g/mol. The van der Waals surface area contributed by atoms with E-state index in [-0.39, 0.29) is 5.41 Å². The molecule has 6 aliphatic rings. The largest absolute Gasteiger partial charge is 0.456 e. The van der Waals surface area contributed by atoms with Gasteiger partial charge < -0.3 is 4.42 Å². The SMILES string of the molecule is C[Si]1(C)c2ccccc2-c2cc3c(c(-c4ccc(-c5nc(-c6ccccc6)cc(-c6cccc7oc8ccccc8c67)n5)c5ccccc45)c21)-c1ccccc1C31C2CC3CC(C2)CC1C3. The average Bonchev–Trinajstić information content (AvgIpc) is 3.96. The molecule has 0 amide bonds. The van der Waals surface area contributed by atoms with Gasteiger partial charge in [0, 0.05) is 32.9 Å². The molecular weight excluding hydrogens is 817 g/mol. The molecule has 316 valence electrons. The van der Waals surface area contributed by atoms with Crippen LogP contribution < -0.4 is 10.4 Å². The van der Waals surface area contributed by atoms with Crippen molar-refractivity contribution in [3.8, 4) is 67.3 Å². The highest BCUT2D eigenvalue weighted by Crippen LogP contribution is 2.70. The number of furan rings is 1. The van der Waals surface area contributed by atoms with Gasteiger partial charge in [0.05, 0.1) is 11.4 Å². The molecule has 4 fully saturated rings. The van der Waals surface area contributed by atoms with Crippen molar-refractivity contribution in [1.29, 1.82) is 0 Å². The first-order valence-electron chi connectivity index (χ1n) is 24.2. The summed E-state index contributed by atoms with van der Waals surface area (Å²) in [4.78, 5) is 11.0. The topological polar surface area (TPSA) is 38.9 Å². The minimum Gasteiger partial charge on any atom is -0.456 e. The van der Waals surface area contributed by atoms with E-state index in [0.29, 0.717) is 11.8 Å². The fraction of sp³-hybridized carbons (Fsp3) is 0.194. The lowest BCUT2D eigenvalue weighted by atomic mass is 9.43. The van der Waals surface area contributed by atoms with Gasteiger partial charge in [0.25, 0.3) is 0 Å². The lowest BCUT2D eigenvalue weighted by molar-refractivity contribution is -0.0399. The highest BCUT2D eigenvalue weighted by Gasteiger charge is 2.62. The first kappa shape index (κ1) is 37.3. The second kappa shape index (κ2) is 13.4. The zero-order chi connectivity index (χ0) is 43.5. The van der Waals surface area contributed by atoms with E-state index in [2.05, 4.69) is 177 Å². The van der Waals surface area contributed by atoms with E-state index in [9.17, 15) is 0 Å². The van der Waals surface area contributed by atoms with E-state index in [1.807, 2.05) is 6.07 Å². The lowest BCUT2D eigenvalue weighted by Gasteiger charge is -2.61. The molecular formula is C62H48N2OSi. The van der Waals surface area contributed by atoms with Crippen molar-refractivity contribution < 1.29 is 4.42 Å². The van der Waals surface area contributed by atoms with Crippen LogP contribution in [0.1, 0.15) is 43.2 Å². The van der Waals surface area contributed by atoms with Gasteiger partial charge in [-0.05, 0) is 152 Å². The van der Waals surface area contributed by atoms with E-state index in [1.165, 1.54) is 76.3 Å². The summed E-state index contributed by atoms with van der Waals surface area (Å²) in [7, 11) is -2.19. The van der Waals surface area contributed by atoms with E-state index < -0.39 is 8.07 Å². The molecule has 0 radical (unpaired) electrons. The molecule has 0 N–H and O–H groups in total. The fourth-order valence-electron chi connectivity index (χ4n) is 15.0. The number of benzene rings is 8. The number of hydrogen-bond donors (Lipinski definition) is 0. The van der Waals surface area contributed by atoms with Crippen molar-refractivity contribution in [3.63, 3.8) is 0 Å². The van der Waals surface area contributed by atoms with Crippen LogP contribution in [-0.4, -0.2) is 18.0 Å². The van der Waals surface area contributed by atoms with Crippen LogP contribution in [0.5, 0.6) is 0 Å². The predicted octanol–water partition coefficient (Wildman–Crippen LogP) is 14.7. The molecule has 16 rings (SSSR count). The molecule has 2 aromatic heterocycles. The molecule has 1 aliphatic heterocycles. The quantitative estimate of drug-likeness (QED) is 0.165. The zero-order valence-corrected chi connectivity index (χ0v) is 38.3. The van der Waals surface area contributed by atoms with Crippen molar-refractivity contribution in [2.45, 2.75) is 50.6 Å². The number of aromatic nitrogens is 2. The molecule has 0 atom stereocenters. The van der Waals surface area contributed by atoms with Gasteiger partial charge in [-0.25, -0.2) is 9.97 Å². The summed E-state index contributed by atoms with van der Waals surface area (Å²) in [5, 5.41) is 7.77. The lowest BCUT2D eigenvalue weighted by Crippen LogP contribution is -2.55. The molecule has 1 spiro atoms. The first-order chi connectivity index (χ1) is 32.4. The highest BCUT2D eigenvalue weighted by molar-refractivity contribution is 7.04. The third-order valence-corrected chi connectivity index (χ3v) is 20.8. The second-order valence-electron chi connectivity index (χ2n) is 20.8. The van der Waals surface area contributed by atoms with Gasteiger partial charge in [0.1, 0.15) is 19.2 Å². The van der Waals surface area contributed by atoms with Crippen LogP contribution in [0.15, 0.2) is 174 Å². The summed E-state index contributed by atoms with van der Waals surface area (Å²) < 4.78 is 6.40. The number of rotatable bonds is 4. The van der Waals surface area contributed by atoms with E-state index >= 15 is 0 Å². The molecule has 8 aromatic carbocycles. The van der Waals surface area contributed by atoms with Gasteiger partial charge in [-0.3, -0.25) is 0 Å². The Morgan fingerprint density at radius 2 is 1.09 bits per heavy atom. The molecule has 4 bridgehead atoms. The molecule has 10 aromatic rings. The Labute approximate surface area is 386 Å². The number of nitrogens with zero attached hydrogens (tertiary/aromatic N) is 2. The van der Waals surface area contributed by atoms with Gasteiger partial charge in [0.15, 0.2) is 5.82 Å². The summed E-state index contributed by atoms with van der Waals surface area (Å²) in [6.45, 7) is 5.22. The maximum absolute atomic E-state index is 6.40. The Morgan fingerprint density at radius 3 is 1.89 bits per heavy atom. The minimum absolute atomic E-state index is 0.0629. The van der Waals surface area contributed by atoms with Gasteiger partial charge in [-0.2, -0.15) is 0 Å². The number of fused-ring (bicyclic) bond motifs is 10. The predicted molar refractivity (Wildman–Crippen MR) is 274 cm³/mol. The van der Waals surface area contributed by atoms with Crippen molar-refractivity contribution in [2.75, 3.05) is 0 Å². The molecule has 4 saturated carbocycles. The minimum atomic E-state index is -2.19. The van der Waals surface area contributed by atoms with E-state index in [1.54, 1.807) is 21.5 Å². The van der Waals surface area contributed by atoms with Gasteiger partial charge in [-0.1, -0.05) is 153 Å². The second-order valence-corrected chi connectivity index (χ2v) is 25.1. The third kappa shape index (κ3) is 4.87. The van der Waals surface area contributed by atoms with Gasteiger partial charge in [0.2, 0.25) is 0 Å². The van der Waals surface area contributed by atoms with Gasteiger partial charge >= 0.3 is 0 Å². The number of hydrogen-bond acceptors (Lipinski definition) is 3. The highest BCUT2D eigenvalue weighted by atomic mass is 28.3. The Kier molecular flexibility index (Phi) is 7.56. The molecule has 5 aliphatic carbocycles. The fourth-order valence-corrected chi connectivity index (χ4v) is 18.4. The van der Waals surface area contributed by atoms with E-state index in [0.717, 1.165) is 67.7 Å². The summed E-state index contributed by atoms with van der Waals surface area (Å²) in [5.41, 5.74) is 18.7. The number of para-hydroxylation sites is 1. The molecule has 3 heterocycles. The first-order valence-corrected chi connectivity index (χ1v) is 27.2. The van der Waals surface area contributed by atoms with Crippen molar-refractivity contribution >= 4 is 51.2 Å². The Bertz CT molecular complexity index is 3680. The van der Waals surface area contributed by atoms with E-state index in [4.69, 9.17) is 14.4 Å². The summed E-state index contributed by atoms with van der Waals surface area (Å²) in [5.74, 6) is 3.89. The maximum Gasteiger partial charge on any atom is 0.161 e. The molecule has 0 saturated heterocycles.